The average Bonchev–Trinajstić information content (AvgIpc) is 3.44. The van der Waals surface area contributed by atoms with Crippen LogP contribution in [0.15, 0.2) is 77.8 Å². The lowest BCUT2D eigenvalue weighted by molar-refractivity contribution is -0.114. The first-order valence-electron chi connectivity index (χ1n) is 11.2. The molecule has 1 aliphatic heterocycles. The van der Waals surface area contributed by atoms with Gasteiger partial charge in [0.05, 0.1) is 30.4 Å². The number of para-hydroxylation sites is 3. The lowest BCUT2D eigenvalue weighted by Crippen LogP contribution is -2.40. The third kappa shape index (κ3) is 3.70. The fourth-order valence-electron chi connectivity index (χ4n) is 4.58. The number of carbonyl (C=O) groups excluding carboxylic acids is 2. The van der Waals surface area contributed by atoms with Gasteiger partial charge in [-0.3, -0.25) is 9.69 Å². The summed E-state index contributed by atoms with van der Waals surface area (Å²) in [6, 6.07) is 19.9. The number of nitrogens with one attached hydrogen (secondary N) is 1. The van der Waals surface area contributed by atoms with Crippen molar-refractivity contribution in [2.24, 2.45) is 0 Å². The number of phenols is 1. The Morgan fingerprint density at radius 2 is 1.81 bits per heavy atom. The maximum absolute atomic E-state index is 14.0. The molecule has 1 aromatic heterocycles. The first-order valence-corrected chi connectivity index (χ1v) is 12.1. The molecule has 36 heavy (non-hydrogen) atoms. The van der Waals surface area contributed by atoms with Gasteiger partial charge in [-0.15, -0.1) is 0 Å². The monoisotopic (exact) mass is 500 g/mol. The highest BCUT2D eigenvalue weighted by molar-refractivity contribution is 8.05. The van der Waals surface area contributed by atoms with Crippen LogP contribution in [-0.2, 0) is 14.4 Å². The Balaban J connectivity index is 1.73. The van der Waals surface area contributed by atoms with Crippen LogP contribution >= 0.6 is 11.8 Å². The van der Waals surface area contributed by atoms with Crippen molar-refractivity contribution in [1.29, 1.82) is 0 Å². The third-order valence-corrected chi connectivity index (χ3v) is 7.64. The summed E-state index contributed by atoms with van der Waals surface area (Å²) in [5.41, 5.74) is 2.99. The predicted molar refractivity (Wildman–Crippen MR) is 141 cm³/mol. The lowest BCUT2D eigenvalue weighted by atomic mass is 10.0. The molecule has 182 valence electrons. The third-order valence-electron chi connectivity index (χ3n) is 6.33. The number of amides is 1. The van der Waals surface area contributed by atoms with E-state index in [0.717, 1.165) is 16.5 Å². The predicted octanol–water partition coefficient (Wildman–Crippen LogP) is 5.66. The number of phenolic OH excluding ortho intramolecular Hbond substituents is 1. The molecular formula is C28H24N2O5S. The Morgan fingerprint density at radius 1 is 1.06 bits per heavy atom. The first kappa shape index (κ1) is 23.6. The van der Waals surface area contributed by atoms with Crippen LogP contribution in [0.4, 0.5) is 5.69 Å². The molecule has 0 aliphatic carbocycles. The van der Waals surface area contributed by atoms with E-state index in [-0.39, 0.29) is 17.2 Å². The number of methoxy groups -OCH3 is 2. The molecule has 2 heterocycles. The van der Waals surface area contributed by atoms with Crippen molar-refractivity contribution >= 4 is 46.3 Å². The minimum atomic E-state index is -0.916. The van der Waals surface area contributed by atoms with Crippen molar-refractivity contribution in [3.63, 3.8) is 0 Å². The number of anilines is 1. The first-order chi connectivity index (χ1) is 17.4. The fourth-order valence-corrected chi connectivity index (χ4v) is 5.93. The smallest absolute Gasteiger partial charge is 0.339 e. The summed E-state index contributed by atoms with van der Waals surface area (Å²) in [5, 5.41) is 11.6. The summed E-state index contributed by atoms with van der Waals surface area (Å²) in [4.78, 5) is 31.1. The van der Waals surface area contributed by atoms with E-state index in [4.69, 9.17) is 9.47 Å². The summed E-state index contributed by atoms with van der Waals surface area (Å²) >= 11 is 1.36. The van der Waals surface area contributed by atoms with Gasteiger partial charge in [-0.1, -0.05) is 54.2 Å². The molecule has 1 saturated heterocycles. The normalized spacial score (nSPS) is 18.7. The summed E-state index contributed by atoms with van der Waals surface area (Å²) < 4.78 is 10.2. The van der Waals surface area contributed by atoms with Crippen LogP contribution < -0.4 is 9.64 Å². The number of aromatic amines is 1. The van der Waals surface area contributed by atoms with Crippen LogP contribution in [0.5, 0.6) is 11.5 Å². The Labute approximate surface area is 212 Å². The Bertz CT molecular complexity index is 1530. The van der Waals surface area contributed by atoms with E-state index in [1.807, 2.05) is 37.4 Å². The van der Waals surface area contributed by atoms with Crippen molar-refractivity contribution in [3.8, 4) is 11.5 Å². The van der Waals surface area contributed by atoms with E-state index in [9.17, 15) is 14.7 Å². The van der Waals surface area contributed by atoms with E-state index in [1.165, 1.54) is 26.0 Å². The fraction of sp³-hybridized carbons (Fsp3) is 0.143. The maximum Gasteiger partial charge on any atom is 0.339 e. The number of fused-ring (bicyclic) bond motifs is 1. The van der Waals surface area contributed by atoms with Crippen molar-refractivity contribution < 1.29 is 24.2 Å². The number of ether oxygens (including phenoxy) is 2. The van der Waals surface area contributed by atoms with E-state index >= 15 is 0 Å². The second-order valence-electron chi connectivity index (χ2n) is 8.39. The second-order valence-corrected chi connectivity index (χ2v) is 9.83. The number of carbonyl (C=O) groups is 2. The van der Waals surface area contributed by atoms with Crippen molar-refractivity contribution in [1.82, 2.24) is 4.98 Å². The van der Waals surface area contributed by atoms with Gasteiger partial charge in [-0.2, -0.15) is 0 Å². The SMILES string of the molecule is COC(=O)c1ccccc1N1C(=O)/C(=C\c2cccc(OC)c2O)SC1(C)c1c[nH]c2ccccc12. The molecule has 2 N–H and O–H groups in total. The molecule has 1 atom stereocenters. The largest absolute Gasteiger partial charge is 0.504 e. The molecule has 1 amide bonds. The Hall–Kier alpha value is -4.17. The average molecular weight is 501 g/mol. The van der Waals surface area contributed by atoms with Crippen molar-refractivity contribution in [2.45, 2.75) is 11.8 Å². The van der Waals surface area contributed by atoms with E-state index in [2.05, 4.69) is 4.98 Å². The molecular weight excluding hydrogens is 476 g/mol. The van der Waals surface area contributed by atoms with Gasteiger partial charge in [-0.25, -0.2) is 4.79 Å². The number of thioether (sulfide) groups is 1. The lowest BCUT2D eigenvalue weighted by Gasteiger charge is -2.34. The number of esters is 1. The molecule has 8 heteroatoms. The molecule has 0 saturated carbocycles. The second kappa shape index (κ2) is 9.13. The van der Waals surface area contributed by atoms with Gasteiger partial charge in [0.15, 0.2) is 11.5 Å². The number of H-pyrrole nitrogens is 1. The molecule has 1 fully saturated rings. The highest BCUT2D eigenvalue weighted by Crippen LogP contribution is 2.55. The van der Waals surface area contributed by atoms with Gasteiger partial charge in [0.1, 0.15) is 4.87 Å². The summed E-state index contributed by atoms with van der Waals surface area (Å²) in [6.45, 7) is 1.95. The number of hydrogen-bond donors (Lipinski definition) is 2. The van der Waals surface area contributed by atoms with Gasteiger partial charge >= 0.3 is 5.97 Å². The minimum absolute atomic E-state index is 0.0527. The number of hydrogen-bond acceptors (Lipinski definition) is 6. The Morgan fingerprint density at radius 3 is 2.58 bits per heavy atom. The molecule has 1 unspecified atom stereocenters. The maximum atomic E-state index is 14.0. The quantitative estimate of drug-likeness (QED) is 0.271. The van der Waals surface area contributed by atoms with Crippen LogP contribution in [-0.4, -0.2) is 36.2 Å². The van der Waals surface area contributed by atoms with Crippen molar-refractivity contribution in [2.75, 3.05) is 19.1 Å². The number of aromatic hydroxyl groups is 1. The molecule has 0 bridgehead atoms. The zero-order valence-corrected chi connectivity index (χ0v) is 20.8. The van der Waals surface area contributed by atoms with Crippen LogP contribution in [0.2, 0.25) is 0 Å². The van der Waals surface area contributed by atoms with Gasteiger partial charge < -0.3 is 19.6 Å². The minimum Gasteiger partial charge on any atom is -0.504 e. The summed E-state index contributed by atoms with van der Waals surface area (Å²) in [5.74, 6) is -0.575. The van der Waals surface area contributed by atoms with E-state index in [1.54, 1.807) is 53.4 Å². The van der Waals surface area contributed by atoms with Gasteiger partial charge in [0.2, 0.25) is 0 Å². The highest BCUT2D eigenvalue weighted by Gasteiger charge is 2.50. The van der Waals surface area contributed by atoms with Crippen LogP contribution in [0, 0.1) is 0 Å². The van der Waals surface area contributed by atoms with Gasteiger partial charge in [-0.05, 0) is 37.3 Å². The molecule has 0 spiro atoms. The molecule has 3 aromatic carbocycles. The van der Waals surface area contributed by atoms with Gasteiger partial charge in [0, 0.05) is 28.2 Å². The molecule has 4 aromatic rings. The standard InChI is InChI=1S/C28H24N2O5S/c1-28(20-16-29-21-12-6-4-10-18(20)21)30(22-13-7-5-11-19(22)27(33)35-3)26(32)24(36-28)15-17-9-8-14-23(34-2)25(17)31/h4-16,29,31H,1-3H3/b24-15+. The zero-order valence-electron chi connectivity index (χ0n) is 19.9. The van der Waals surface area contributed by atoms with E-state index < -0.39 is 10.8 Å². The topological polar surface area (TPSA) is 91.9 Å². The molecule has 1 aliphatic rings. The number of rotatable bonds is 5. The van der Waals surface area contributed by atoms with E-state index in [0.29, 0.717) is 21.9 Å². The molecule has 0 radical (unpaired) electrons. The number of aromatic nitrogens is 1. The molecule has 5 rings (SSSR count). The zero-order chi connectivity index (χ0) is 25.4. The summed E-state index contributed by atoms with van der Waals surface area (Å²) in [6.07, 6.45) is 3.55. The van der Waals surface area contributed by atoms with Crippen LogP contribution in [0.25, 0.3) is 17.0 Å². The van der Waals surface area contributed by atoms with Gasteiger partial charge in [0.25, 0.3) is 5.91 Å². The Kier molecular flexibility index (Phi) is 5.97. The van der Waals surface area contributed by atoms with Crippen molar-refractivity contribution in [3.05, 3.63) is 94.5 Å². The van der Waals surface area contributed by atoms with Crippen LogP contribution in [0.1, 0.15) is 28.4 Å². The molecule has 7 nitrogen and oxygen atoms in total. The number of nitrogens with zero attached hydrogens (tertiary/aromatic N) is 1. The number of benzene rings is 3. The van der Waals surface area contributed by atoms with Crippen LogP contribution in [0.3, 0.4) is 0 Å². The highest BCUT2D eigenvalue weighted by atomic mass is 32.2. The summed E-state index contributed by atoms with van der Waals surface area (Å²) in [7, 11) is 2.79.